The summed E-state index contributed by atoms with van der Waals surface area (Å²) in [4.78, 5) is 11.8. The second kappa shape index (κ2) is 8.10. The maximum atomic E-state index is 12.8. The third-order valence-corrected chi connectivity index (χ3v) is 5.92. The number of aryl methyl sites for hydroxylation is 1. The van der Waals surface area contributed by atoms with E-state index < -0.39 is 16.0 Å². The minimum absolute atomic E-state index is 0. The Labute approximate surface area is 143 Å². The van der Waals surface area contributed by atoms with E-state index in [1.807, 2.05) is 7.05 Å². The molecule has 0 spiro atoms. The van der Waals surface area contributed by atoms with Crippen molar-refractivity contribution in [3.8, 4) is 0 Å². The highest BCUT2D eigenvalue weighted by Crippen LogP contribution is 2.27. The van der Waals surface area contributed by atoms with Crippen LogP contribution in [0.2, 0.25) is 0 Å². The van der Waals surface area contributed by atoms with E-state index in [1.165, 1.54) is 25.3 Å². The molecule has 0 saturated carbocycles. The van der Waals surface area contributed by atoms with Gasteiger partial charge in [-0.2, -0.15) is 4.31 Å². The molecule has 1 fully saturated rings. The number of sulfonamides is 1. The molecular formula is C15H23ClN2O4S. The van der Waals surface area contributed by atoms with Crippen molar-refractivity contribution < 1.29 is 17.9 Å². The fourth-order valence-corrected chi connectivity index (χ4v) is 4.61. The molecule has 1 aliphatic heterocycles. The standard InChI is InChI=1S/C15H22N2O4S.ClH/c1-11-9-13(6-7-14(11)15(18)21-3)22(19,20)17-8-4-5-12(17)10-16-2;/h6-7,9,12,16H,4-5,8,10H2,1-3H3;1H. The Balaban J connectivity index is 0.00000264. The van der Waals surface area contributed by atoms with E-state index in [0.29, 0.717) is 24.2 Å². The van der Waals surface area contributed by atoms with E-state index in [1.54, 1.807) is 11.2 Å². The van der Waals surface area contributed by atoms with Crippen molar-refractivity contribution >= 4 is 28.4 Å². The van der Waals surface area contributed by atoms with Gasteiger partial charge >= 0.3 is 5.97 Å². The van der Waals surface area contributed by atoms with Crippen LogP contribution >= 0.6 is 12.4 Å². The molecule has 0 bridgehead atoms. The first kappa shape index (κ1) is 19.9. The molecule has 1 saturated heterocycles. The first-order valence-corrected chi connectivity index (χ1v) is 8.71. The van der Waals surface area contributed by atoms with Crippen LogP contribution < -0.4 is 5.32 Å². The van der Waals surface area contributed by atoms with Crippen LogP contribution in [0.4, 0.5) is 0 Å². The third-order valence-electron chi connectivity index (χ3n) is 3.97. The lowest BCUT2D eigenvalue weighted by molar-refractivity contribution is 0.0600. The lowest BCUT2D eigenvalue weighted by atomic mass is 10.1. The van der Waals surface area contributed by atoms with Gasteiger partial charge in [-0.25, -0.2) is 13.2 Å². The van der Waals surface area contributed by atoms with Gasteiger partial charge in [0.1, 0.15) is 0 Å². The number of hydrogen-bond donors (Lipinski definition) is 1. The van der Waals surface area contributed by atoms with E-state index in [4.69, 9.17) is 0 Å². The zero-order chi connectivity index (χ0) is 16.3. The van der Waals surface area contributed by atoms with Crippen molar-refractivity contribution in [3.05, 3.63) is 29.3 Å². The van der Waals surface area contributed by atoms with Crippen LogP contribution in [0.5, 0.6) is 0 Å². The Morgan fingerprint density at radius 2 is 2.13 bits per heavy atom. The van der Waals surface area contributed by atoms with Gasteiger partial charge in [0.05, 0.1) is 17.6 Å². The van der Waals surface area contributed by atoms with Crippen molar-refractivity contribution in [1.82, 2.24) is 9.62 Å². The molecule has 1 aromatic rings. The third kappa shape index (κ3) is 4.03. The lowest BCUT2D eigenvalue weighted by Crippen LogP contribution is -2.40. The summed E-state index contributed by atoms with van der Waals surface area (Å²) in [6, 6.07) is 4.51. The van der Waals surface area contributed by atoms with Crippen molar-refractivity contribution in [2.24, 2.45) is 0 Å². The number of rotatable bonds is 5. The molecule has 1 aromatic carbocycles. The molecule has 130 valence electrons. The van der Waals surface area contributed by atoms with E-state index in [-0.39, 0.29) is 23.3 Å². The van der Waals surface area contributed by atoms with E-state index >= 15 is 0 Å². The van der Waals surface area contributed by atoms with E-state index in [9.17, 15) is 13.2 Å². The number of nitrogens with zero attached hydrogens (tertiary/aromatic N) is 1. The fourth-order valence-electron chi connectivity index (χ4n) is 2.84. The summed E-state index contributed by atoms with van der Waals surface area (Å²) in [7, 11) is -0.418. The van der Waals surface area contributed by atoms with Gasteiger partial charge in [-0.15, -0.1) is 12.4 Å². The number of likely N-dealkylation sites (N-methyl/N-ethyl adjacent to an activating group) is 1. The average Bonchev–Trinajstić information content (AvgIpc) is 2.96. The second-order valence-electron chi connectivity index (χ2n) is 5.44. The Hall–Kier alpha value is -1.15. The Morgan fingerprint density at radius 3 is 2.70 bits per heavy atom. The summed E-state index contributed by atoms with van der Waals surface area (Å²) < 4.78 is 31.8. The molecule has 23 heavy (non-hydrogen) atoms. The number of esters is 1. The number of methoxy groups -OCH3 is 1. The Morgan fingerprint density at radius 1 is 1.43 bits per heavy atom. The van der Waals surface area contributed by atoms with Crippen LogP contribution in [-0.4, -0.2) is 52.0 Å². The first-order valence-electron chi connectivity index (χ1n) is 7.27. The van der Waals surface area contributed by atoms with Gasteiger partial charge in [-0.05, 0) is 50.6 Å². The zero-order valence-corrected chi connectivity index (χ0v) is 15.2. The van der Waals surface area contributed by atoms with Crippen LogP contribution in [0, 0.1) is 6.92 Å². The smallest absolute Gasteiger partial charge is 0.338 e. The molecule has 1 aliphatic rings. The topological polar surface area (TPSA) is 75.7 Å². The number of hydrogen-bond acceptors (Lipinski definition) is 5. The molecule has 8 heteroatoms. The number of ether oxygens (including phenoxy) is 1. The highest BCUT2D eigenvalue weighted by molar-refractivity contribution is 7.89. The maximum absolute atomic E-state index is 12.8. The van der Waals surface area contributed by atoms with Crippen LogP contribution in [0.1, 0.15) is 28.8 Å². The molecule has 6 nitrogen and oxygen atoms in total. The first-order chi connectivity index (χ1) is 10.4. The largest absolute Gasteiger partial charge is 0.465 e. The minimum atomic E-state index is -3.54. The van der Waals surface area contributed by atoms with Gasteiger partial charge < -0.3 is 10.1 Å². The minimum Gasteiger partial charge on any atom is -0.465 e. The van der Waals surface area contributed by atoms with Crippen molar-refractivity contribution in [3.63, 3.8) is 0 Å². The van der Waals surface area contributed by atoms with Gasteiger partial charge in [-0.1, -0.05) is 0 Å². The van der Waals surface area contributed by atoms with Gasteiger partial charge in [-0.3, -0.25) is 0 Å². The van der Waals surface area contributed by atoms with Crippen LogP contribution in [-0.2, 0) is 14.8 Å². The number of halogens is 1. The van der Waals surface area contributed by atoms with Gasteiger partial charge in [0.15, 0.2) is 0 Å². The molecule has 0 radical (unpaired) electrons. The number of nitrogens with one attached hydrogen (secondary N) is 1. The molecule has 0 aliphatic carbocycles. The SMILES string of the molecule is CNCC1CCCN1S(=O)(=O)c1ccc(C(=O)OC)c(C)c1.Cl. The van der Waals surface area contributed by atoms with Crippen LogP contribution in [0.25, 0.3) is 0 Å². The van der Waals surface area contributed by atoms with E-state index in [0.717, 1.165) is 12.8 Å². The van der Waals surface area contributed by atoms with Gasteiger partial charge in [0.2, 0.25) is 10.0 Å². The summed E-state index contributed by atoms with van der Waals surface area (Å²) in [6.07, 6.45) is 1.73. The highest BCUT2D eigenvalue weighted by Gasteiger charge is 2.35. The van der Waals surface area contributed by atoms with Crippen molar-refractivity contribution in [2.75, 3.05) is 27.2 Å². The van der Waals surface area contributed by atoms with E-state index in [2.05, 4.69) is 10.1 Å². The van der Waals surface area contributed by atoms with Crippen LogP contribution in [0.15, 0.2) is 23.1 Å². The number of carbonyl (C=O) groups is 1. The predicted molar refractivity (Wildman–Crippen MR) is 90.6 cm³/mol. The maximum Gasteiger partial charge on any atom is 0.338 e. The summed E-state index contributed by atoms with van der Waals surface area (Å²) in [6.45, 7) is 2.88. The molecule has 2 rings (SSSR count). The molecule has 1 heterocycles. The number of benzene rings is 1. The van der Waals surface area contributed by atoms with Crippen LogP contribution in [0.3, 0.4) is 0 Å². The van der Waals surface area contributed by atoms with Crippen molar-refractivity contribution in [2.45, 2.75) is 30.7 Å². The molecule has 0 aromatic heterocycles. The van der Waals surface area contributed by atoms with Crippen molar-refractivity contribution in [1.29, 1.82) is 0 Å². The summed E-state index contributed by atoms with van der Waals surface area (Å²) >= 11 is 0. The molecule has 0 amide bonds. The van der Waals surface area contributed by atoms with Gasteiger partial charge in [0, 0.05) is 19.1 Å². The quantitative estimate of drug-likeness (QED) is 0.805. The second-order valence-corrected chi connectivity index (χ2v) is 7.33. The molecule has 1 atom stereocenters. The highest BCUT2D eigenvalue weighted by atomic mass is 35.5. The molecule has 1 N–H and O–H groups in total. The lowest BCUT2D eigenvalue weighted by Gasteiger charge is -2.24. The van der Waals surface area contributed by atoms with Gasteiger partial charge in [0.25, 0.3) is 0 Å². The predicted octanol–water partition coefficient (Wildman–Crippen LogP) is 1.58. The summed E-state index contributed by atoms with van der Waals surface area (Å²) in [5.41, 5.74) is 0.979. The number of carbonyl (C=O) groups excluding carboxylic acids is 1. The fraction of sp³-hybridized carbons (Fsp3) is 0.533. The normalized spacial score (nSPS) is 18.5. The summed E-state index contributed by atoms with van der Waals surface area (Å²) in [5.74, 6) is -0.462. The average molecular weight is 363 g/mol. The Bertz CT molecular complexity index is 663. The summed E-state index contributed by atoms with van der Waals surface area (Å²) in [5, 5.41) is 3.04. The Kier molecular flexibility index (Phi) is 7.01. The molecular weight excluding hydrogens is 340 g/mol. The zero-order valence-electron chi connectivity index (χ0n) is 13.5. The monoisotopic (exact) mass is 362 g/mol. The molecule has 1 unspecified atom stereocenters.